The van der Waals surface area contributed by atoms with Crippen LogP contribution in [0.2, 0.25) is 0 Å². The lowest BCUT2D eigenvalue weighted by Crippen LogP contribution is -2.56. The Morgan fingerprint density at radius 3 is 2.57 bits per heavy atom. The van der Waals surface area contributed by atoms with Gasteiger partial charge in [-0.1, -0.05) is 12.1 Å². The first-order chi connectivity index (χ1) is 11.2. The Labute approximate surface area is 136 Å². The molecule has 3 nitrogen and oxygen atoms in total. The molecule has 23 heavy (non-hydrogen) atoms. The van der Waals surface area contributed by atoms with Gasteiger partial charge in [0.05, 0.1) is 12.7 Å². The fourth-order valence-corrected chi connectivity index (χ4v) is 3.89. The summed E-state index contributed by atoms with van der Waals surface area (Å²) < 4.78 is 19.0. The van der Waals surface area contributed by atoms with E-state index in [1.165, 1.54) is 17.7 Å². The largest absolute Gasteiger partial charge is 0.377 e. The van der Waals surface area contributed by atoms with Crippen LogP contribution in [0.4, 0.5) is 4.39 Å². The zero-order valence-corrected chi connectivity index (χ0v) is 13.1. The number of hydrogen-bond donors (Lipinski definition) is 0. The van der Waals surface area contributed by atoms with Gasteiger partial charge < -0.3 is 4.74 Å². The minimum atomic E-state index is -0.177. The molecule has 0 bridgehead atoms. The predicted molar refractivity (Wildman–Crippen MR) is 86.4 cm³/mol. The van der Waals surface area contributed by atoms with Crippen molar-refractivity contribution in [2.45, 2.75) is 25.5 Å². The number of nitrogens with zero attached hydrogens (tertiary/aromatic N) is 2. The van der Waals surface area contributed by atoms with Crippen molar-refractivity contribution < 1.29 is 9.13 Å². The van der Waals surface area contributed by atoms with Crippen LogP contribution in [0.5, 0.6) is 0 Å². The van der Waals surface area contributed by atoms with Crippen LogP contribution >= 0.6 is 0 Å². The van der Waals surface area contributed by atoms with Crippen LogP contribution in [0, 0.1) is 11.2 Å². The van der Waals surface area contributed by atoms with Crippen molar-refractivity contribution in [1.29, 1.82) is 0 Å². The third-order valence-corrected chi connectivity index (χ3v) is 4.94. The number of hydrogen-bond acceptors (Lipinski definition) is 3. The summed E-state index contributed by atoms with van der Waals surface area (Å²) in [6, 6.07) is 10.9. The molecule has 1 aromatic heterocycles. The van der Waals surface area contributed by atoms with Crippen molar-refractivity contribution in [3.63, 3.8) is 0 Å². The molecule has 0 aliphatic carbocycles. The Morgan fingerprint density at radius 1 is 1.09 bits per heavy atom. The lowest BCUT2D eigenvalue weighted by Gasteiger charge is -2.47. The van der Waals surface area contributed by atoms with Gasteiger partial charge in [0.15, 0.2) is 0 Å². The van der Waals surface area contributed by atoms with Crippen LogP contribution in [0.1, 0.15) is 17.5 Å². The van der Waals surface area contributed by atoms with Gasteiger partial charge in [0.2, 0.25) is 0 Å². The summed E-state index contributed by atoms with van der Waals surface area (Å²) in [7, 11) is 0. The molecule has 0 unspecified atom stereocenters. The van der Waals surface area contributed by atoms with Crippen LogP contribution in [-0.4, -0.2) is 35.7 Å². The lowest BCUT2D eigenvalue weighted by atomic mass is 9.77. The maximum absolute atomic E-state index is 13.0. The van der Waals surface area contributed by atoms with E-state index in [1.54, 1.807) is 0 Å². The summed E-state index contributed by atoms with van der Waals surface area (Å²) in [5.74, 6) is -0.177. The number of benzene rings is 1. The molecule has 1 atom stereocenters. The van der Waals surface area contributed by atoms with Crippen molar-refractivity contribution in [1.82, 2.24) is 9.88 Å². The Bertz CT molecular complexity index is 653. The van der Waals surface area contributed by atoms with Crippen molar-refractivity contribution in [2.24, 2.45) is 5.41 Å². The molecule has 0 saturated carbocycles. The molecule has 2 saturated heterocycles. The highest BCUT2D eigenvalue weighted by molar-refractivity contribution is 5.18. The molecule has 3 heterocycles. The quantitative estimate of drug-likeness (QED) is 0.867. The van der Waals surface area contributed by atoms with E-state index in [1.807, 2.05) is 24.5 Å². The van der Waals surface area contributed by atoms with Crippen molar-refractivity contribution in [2.75, 3.05) is 19.7 Å². The maximum Gasteiger partial charge on any atom is 0.123 e. The number of halogens is 1. The first-order valence-electron chi connectivity index (χ1n) is 8.18. The fraction of sp³-hybridized carbons (Fsp3) is 0.421. The van der Waals surface area contributed by atoms with E-state index >= 15 is 0 Å². The van der Waals surface area contributed by atoms with Crippen LogP contribution in [0.15, 0.2) is 48.8 Å². The third-order valence-electron chi connectivity index (χ3n) is 4.94. The summed E-state index contributed by atoms with van der Waals surface area (Å²) >= 11 is 0. The Morgan fingerprint density at radius 2 is 1.83 bits per heavy atom. The van der Waals surface area contributed by atoms with Gasteiger partial charge in [-0.15, -0.1) is 0 Å². The van der Waals surface area contributed by atoms with Crippen LogP contribution in [0.25, 0.3) is 0 Å². The molecule has 0 amide bonds. The zero-order chi connectivity index (χ0) is 15.7. The molecule has 1 spiro atoms. The van der Waals surface area contributed by atoms with Gasteiger partial charge in [-0.2, -0.15) is 0 Å². The topological polar surface area (TPSA) is 25.4 Å². The van der Waals surface area contributed by atoms with Crippen molar-refractivity contribution >= 4 is 0 Å². The van der Waals surface area contributed by atoms with Crippen LogP contribution in [0.3, 0.4) is 0 Å². The van der Waals surface area contributed by atoms with Gasteiger partial charge >= 0.3 is 0 Å². The number of likely N-dealkylation sites (tertiary alicyclic amines) is 1. The second-order valence-electron chi connectivity index (χ2n) is 6.97. The van der Waals surface area contributed by atoms with Crippen molar-refractivity contribution in [3.05, 3.63) is 65.7 Å². The Kier molecular flexibility index (Phi) is 3.87. The highest BCUT2D eigenvalue weighted by Crippen LogP contribution is 2.42. The summed E-state index contributed by atoms with van der Waals surface area (Å²) in [5, 5.41) is 0. The monoisotopic (exact) mass is 312 g/mol. The van der Waals surface area contributed by atoms with Crippen molar-refractivity contribution in [3.8, 4) is 0 Å². The standard InChI is InChI=1S/C19H21FN2O/c20-17-3-1-15(2-4-17)9-18-10-19(14-23-18)12-22(13-19)11-16-5-7-21-8-6-16/h1-8,18H,9-14H2/t18-/m1/s1. The molecule has 2 aliphatic heterocycles. The van der Waals surface area contributed by atoms with Gasteiger partial charge in [-0.25, -0.2) is 4.39 Å². The molecule has 120 valence electrons. The highest BCUT2D eigenvalue weighted by Gasteiger charge is 2.48. The first-order valence-corrected chi connectivity index (χ1v) is 8.18. The minimum Gasteiger partial charge on any atom is -0.377 e. The van der Waals surface area contributed by atoms with E-state index in [9.17, 15) is 4.39 Å². The third kappa shape index (κ3) is 3.28. The molecule has 4 heteroatoms. The van der Waals surface area contributed by atoms with Gasteiger partial charge in [-0.3, -0.25) is 9.88 Å². The van der Waals surface area contributed by atoms with Gasteiger partial charge in [0.25, 0.3) is 0 Å². The van der Waals surface area contributed by atoms with E-state index in [0.29, 0.717) is 5.41 Å². The molecule has 2 aromatic rings. The van der Waals surface area contributed by atoms with Gasteiger partial charge in [-0.05, 0) is 48.2 Å². The van der Waals surface area contributed by atoms with Crippen LogP contribution in [-0.2, 0) is 17.7 Å². The zero-order valence-electron chi connectivity index (χ0n) is 13.1. The molecule has 0 N–H and O–H groups in total. The summed E-state index contributed by atoms with van der Waals surface area (Å²) in [6.45, 7) is 4.06. The number of pyridine rings is 1. The molecular formula is C19H21FN2O. The summed E-state index contributed by atoms with van der Waals surface area (Å²) in [5.41, 5.74) is 2.80. The summed E-state index contributed by atoms with van der Waals surface area (Å²) in [6.07, 6.45) is 5.96. The van der Waals surface area contributed by atoms with E-state index in [0.717, 1.165) is 44.6 Å². The van der Waals surface area contributed by atoms with E-state index in [-0.39, 0.29) is 11.9 Å². The number of ether oxygens (including phenoxy) is 1. The second-order valence-corrected chi connectivity index (χ2v) is 6.97. The normalized spacial score (nSPS) is 23.1. The van der Waals surface area contributed by atoms with E-state index < -0.39 is 0 Å². The van der Waals surface area contributed by atoms with Gasteiger partial charge in [0, 0.05) is 37.4 Å². The average molecular weight is 312 g/mol. The first kappa shape index (κ1) is 14.8. The van der Waals surface area contributed by atoms with E-state index in [4.69, 9.17) is 4.74 Å². The lowest BCUT2D eigenvalue weighted by molar-refractivity contribution is -0.0140. The van der Waals surface area contributed by atoms with E-state index in [2.05, 4.69) is 22.0 Å². The number of rotatable bonds is 4. The molecule has 2 aliphatic rings. The number of aromatic nitrogens is 1. The average Bonchev–Trinajstić information content (AvgIpc) is 2.94. The Balaban J connectivity index is 1.29. The highest BCUT2D eigenvalue weighted by atomic mass is 19.1. The Hall–Kier alpha value is -1.78. The summed E-state index contributed by atoms with van der Waals surface area (Å²) in [4.78, 5) is 6.53. The smallest absolute Gasteiger partial charge is 0.123 e. The second kappa shape index (κ2) is 6.02. The SMILES string of the molecule is Fc1ccc(C[C@@H]2CC3(CO2)CN(Cc2ccncc2)C3)cc1. The molecule has 0 radical (unpaired) electrons. The minimum absolute atomic E-state index is 0.177. The molecule has 2 fully saturated rings. The fourth-order valence-electron chi connectivity index (χ4n) is 3.89. The van der Waals surface area contributed by atoms with Crippen LogP contribution < -0.4 is 0 Å². The maximum atomic E-state index is 13.0. The molecular weight excluding hydrogens is 291 g/mol. The molecule has 4 rings (SSSR count). The predicted octanol–water partition coefficient (Wildman–Crippen LogP) is 3.05. The molecule has 1 aromatic carbocycles. The van der Waals surface area contributed by atoms with Gasteiger partial charge in [0.1, 0.15) is 5.82 Å².